The van der Waals surface area contributed by atoms with Crippen LogP contribution in [0, 0.1) is 0 Å². The van der Waals surface area contributed by atoms with E-state index in [-0.39, 0.29) is 17.3 Å². The summed E-state index contributed by atoms with van der Waals surface area (Å²) in [5, 5.41) is 0. The van der Waals surface area contributed by atoms with Crippen LogP contribution in [0.4, 0.5) is 13.2 Å². The molecule has 0 aliphatic carbocycles. The van der Waals surface area contributed by atoms with Crippen molar-refractivity contribution in [3.8, 4) is 11.5 Å². The van der Waals surface area contributed by atoms with E-state index in [9.17, 15) is 26.4 Å². The van der Waals surface area contributed by atoms with Crippen LogP contribution in [-0.4, -0.2) is 33.6 Å². The van der Waals surface area contributed by atoms with E-state index in [1.54, 1.807) is 0 Å². The monoisotopic (exact) mass is 459 g/mol. The summed E-state index contributed by atoms with van der Waals surface area (Å²) in [6.07, 6.45) is -3.80. The molecule has 168 valence electrons. The van der Waals surface area contributed by atoms with E-state index >= 15 is 0 Å². The molecule has 2 aromatic rings. The Morgan fingerprint density at radius 3 is 2.39 bits per heavy atom. The van der Waals surface area contributed by atoms with Crippen molar-refractivity contribution in [1.82, 2.24) is 4.72 Å². The predicted octanol–water partition coefficient (Wildman–Crippen LogP) is 3.28. The Kier molecular flexibility index (Phi) is 6.75. The van der Waals surface area contributed by atoms with Gasteiger partial charge in [-0.2, -0.15) is 17.9 Å². The van der Waals surface area contributed by atoms with Crippen LogP contribution in [0.15, 0.2) is 47.4 Å². The molecule has 31 heavy (non-hydrogen) atoms. The number of carbonyl (C=O) groups excluding carboxylic acids is 1. The van der Waals surface area contributed by atoms with Crippen molar-refractivity contribution in [2.75, 3.05) is 13.2 Å². The van der Waals surface area contributed by atoms with Crippen molar-refractivity contribution in [1.29, 1.82) is 0 Å². The molecule has 1 N–H and O–H groups in total. The largest absolute Gasteiger partial charge is 0.490 e. The average Bonchev–Trinajstić information content (AvgIpc) is 2.96. The summed E-state index contributed by atoms with van der Waals surface area (Å²) < 4.78 is 81.1. The minimum atomic E-state index is -4.46. The standard InChI is InChI=1S/C20H20F3NO6S/c1-13(19(25)30-12-14-3-5-15(6-4-14)20(21,22)23)24-31(26,27)16-7-8-17-18(11-16)29-10-2-9-28-17/h3-8,11,13,24H,2,9-10,12H2,1H3/t13-/m1/s1. The van der Waals surface area contributed by atoms with Crippen molar-refractivity contribution in [2.24, 2.45) is 0 Å². The maximum atomic E-state index is 12.6. The number of alkyl halides is 3. The molecular formula is C20H20F3NO6S. The first-order valence-electron chi connectivity index (χ1n) is 9.31. The highest BCUT2D eigenvalue weighted by molar-refractivity contribution is 7.89. The SMILES string of the molecule is C[C@@H](NS(=O)(=O)c1ccc2c(c1)OCCCO2)C(=O)OCc1ccc(C(F)(F)F)cc1. The number of benzene rings is 2. The second-order valence-electron chi connectivity index (χ2n) is 6.80. The lowest BCUT2D eigenvalue weighted by molar-refractivity contribution is -0.146. The Labute approximate surface area is 177 Å². The summed E-state index contributed by atoms with van der Waals surface area (Å²) in [6, 6.07) is 7.00. The maximum Gasteiger partial charge on any atom is 0.416 e. The summed E-state index contributed by atoms with van der Waals surface area (Å²) in [4.78, 5) is 12.0. The van der Waals surface area contributed by atoms with Crippen LogP contribution in [0.25, 0.3) is 0 Å². The first-order valence-corrected chi connectivity index (χ1v) is 10.8. The van der Waals surface area contributed by atoms with Crippen LogP contribution in [0.5, 0.6) is 11.5 Å². The van der Waals surface area contributed by atoms with E-state index in [0.29, 0.717) is 30.9 Å². The Morgan fingerprint density at radius 1 is 1.10 bits per heavy atom. The Bertz CT molecular complexity index is 1040. The number of carbonyl (C=O) groups is 1. The first kappa shape index (κ1) is 22.9. The molecule has 0 saturated carbocycles. The zero-order valence-corrected chi connectivity index (χ0v) is 17.3. The normalized spacial score (nSPS) is 15.1. The minimum Gasteiger partial charge on any atom is -0.490 e. The average molecular weight is 459 g/mol. The van der Waals surface area contributed by atoms with Crippen molar-refractivity contribution in [3.63, 3.8) is 0 Å². The quantitative estimate of drug-likeness (QED) is 0.667. The molecule has 1 aliphatic rings. The summed E-state index contributed by atoms with van der Waals surface area (Å²) >= 11 is 0. The number of halogens is 3. The first-order chi connectivity index (χ1) is 14.6. The fourth-order valence-electron chi connectivity index (χ4n) is 2.73. The van der Waals surface area contributed by atoms with Gasteiger partial charge in [0.2, 0.25) is 10.0 Å². The van der Waals surface area contributed by atoms with Crippen LogP contribution >= 0.6 is 0 Å². The summed E-state index contributed by atoms with van der Waals surface area (Å²) in [6.45, 7) is 1.85. The van der Waals surface area contributed by atoms with Gasteiger partial charge in [-0.1, -0.05) is 12.1 Å². The molecule has 0 radical (unpaired) electrons. The third-order valence-electron chi connectivity index (χ3n) is 4.38. The van der Waals surface area contributed by atoms with Gasteiger partial charge in [0.1, 0.15) is 12.6 Å². The number of nitrogens with one attached hydrogen (secondary N) is 1. The molecule has 0 fully saturated rings. The van der Waals surface area contributed by atoms with Gasteiger partial charge in [0.05, 0.1) is 23.7 Å². The number of hydrogen-bond acceptors (Lipinski definition) is 6. The van der Waals surface area contributed by atoms with Crippen molar-refractivity contribution in [2.45, 2.75) is 37.1 Å². The van der Waals surface area contributed by atoms with Crippen LogP contribution in [0.3, 0.4) is 0 Å². The van der Waals surface area contributed by atoms with Gasteiger partial charge in [-0.25, -0.2) is 8.42 Å². The lowest BCUT2D eigenvalue weighted by Gasteiger charge is -2.15. The second-order valence-corrected chi connectivity index (χ2v) is 8.52. The lowest BCUT2D eigenvalue weighted by atomic mass is 10.1. The van der Waals surface area contributed by atoms with E-state index in [4.69, 9.17) is 14.2 Å². The summed E-state index contributed by atoms with van der Waals surface area (Å²) in [7, 11) is -4.07. The molecular weight excluding hydrogens is 439 g/mol. The van der Waals surface area contributed by atoms with Crippen LogP contribution < -0.4 is 14.2 Å². The Hall–Kier alpha value is -2.79. The van der Waals surface area contributed by atoms with Crippen molar-refractivity contribution >= 4 is 16.0 Å². The molecule has 1 atom stereocenters. The molecule has 0 unspecified atom stereocenters. The predicted molar refractivity (Wildman–Crippen MR) is 103 cm³/mol. The van der Waals surface area contributed by atoms with Crippen LogP contribution in [0.1, 0.15) is 24.5 Å². The fourth-order valence-corrected chi connectivity index (χ4v) is 3.94. The minimum absolute atomic E-state index is 0.112. The number of rotatable bonds is 6. The van der Waals surface area contributed by atoms with Gasteiger partial charge in [0, 0.05) is 12.5 Å². The molecule has 0 bridgehead atoms. The zero-order valence-electron chi connectivity index (χ0n) is 16.4. The molecule has 11 heteroatoms. The van der Waals surface area contributed by atoms with Crippen LogP contribution in [0.2, 0.25) is 0 Å². The second kappa shape index (κ2) is 9.15. The number of fused-ring (bicyclic) bond motifs is 1. The fraction of sp³-hybridized carbons (Fsp3) is 0.350. The molecule has 0 aromatic heterocycles. The van der Waals surface area contributed by atoms with Crippen LogP contribution in [-0.2, 0) is 32.3 Å². The topological polar surface area (TPSA) is 90.9 Å². The molecule has 0 amide bonds. The van der Waals surface area contributed by atoms with E-state index in [1.165, 1.54) is 37.3 Å². The molecule has 1 aliphatic heterocycles. The van der Waals surface area contributed by atoms with E-state index in [2.05, 4.69) is 4.72 Å². The molecule has 2 aromatic carbocycles. The van der Waals surface area contributed by atoms with Crippen molar-refractivity contribution < 1.29 is 40.6 Å². The maximum absolute atomic E-state index is 12.6. The van der Waals surface area contributed by atoms with Gasteiger partial charge < -0.3 is 14.2 Å². The van der Waals surface area contributed by atoms with Gasteiger partial charge in [-0.05, 0) is 36.8 Å². The lowest BCUT2D eigenvalue weighted by Crippen LogP contribution is -2.39. The number of esters is 1. The third-order valence-corrected chi connectivity index (χ3v) is 5.92. The summed E-state index contributed by atoms with van der Waals surface area (Å²) in [5.41, 5.74) is -0.488. The van der Waals surface area contributed by atoms with Crippen molar-refractivity contribution in [3.05, 3.63) is 53.6 Å². The van der Waals surface area contributed by atoms with Gasteiger partial charge in [-0.15, -0.1) is 0 Å². The van der Waals surface area contributed by atoms with Gasteiger partial charge in [0.25, 0.3) is 0 Å². The Balaban J connectivity index is 1.60. The van der Waals surface area contributed by atoms with Gasteiger partial charge >= 0.3 is 12.1 Å². The zero-order chi connectivity index (χ0) is 22.6. The number of sulfonamides is 1. The Morgan fingerprint density at radius 2 is 1.74 bits per heavy atom. The highest BCUT2D eigenvalue weighted by atomic mass is 32.2. The van der Waals surface area contributed by atoms with Gasteiger partial charge in [0.15, 0.2) is 11.5 Å². The summed E-state index contributed by atoms with van der Waals surface area (Å²) in [5.74, 6) is -0.156. The third kappa shape index (κ3) is 5.88. The molecule has 3 rings (SSSR count). The van der Waals surface area contributed by atoms with Gasteiger partial charge in [-0.3, -0.25) is 4.79 Å². The molecule has 0 saturated heterocycles. The van der Waals surface area contributed by atoms with E-state index in [1.807, 2.05) is 0 Å². The smallest absolute Gasteiger partial charge is 0.416 e. The molecule has 7 nitrogen and oxygen atoms in total. The van der Waals surface area contributed by atoms with E-state index in [0.717, 1.165) is 12.1 Å². The highest BCUT2D eigenvalue weighted by Gasteiger charge is 2.30. The highest BCUT2D eigenvalue weighted by Crippen LogP contribution is 2.32. The number of ether oxygens (including phenoxy) is 3. The number of hydrogen-bond donors (Lipinski definition) is 1. The van der Waals surface area contributed by atoms with E-state index < -0.39 is 33.8 Å². The molecule has 1 heterocycles. The molecule has 0 spiro atoms.